The number of methoxy groups -OCH3 is 1. The van der Waals surface area contributed by atoms with Gasteiger partial charge in [0.15, 0.2) is 0 Å². The highest BCUT2D eigenvalue weighted by atomic mass is 16.5. The molecule has 0 aliphatic heterocycles. The molecule has 0 heterocycles. The number of benzene rings is 1. The van der Waals surface area contributed by atoms with Gasteiger partial charge in [-0.05, 0) is 32.4 Å². The Kier molecular flexibility index (Phi) is 7.63. The summed E-state index contributed by atoms with van der Waals surface area (Å²) in [6.07, 6.45) is 3.60. The van der Waals surface area contributed by atoms with Gasteiger partial charge in [0.1, 0.15) is 5.75 Å². The monoisotopic (exact) mass is 278 g/mol. The summed E-state index contributed by atoms with van der Waals surface area (Å²) in [5, 5.41) is 0. The lowest BCUT2D eigenvalue weighted by Gasteiger charge is -2.31. The average Bonchev–Trinajstić information content (AvgIpc) is 2.50. The molecule has 2 N–H and O–H groups in total. The lowest BCUT2D eigenvalue weighted by atomic mass is 10.0. The van der Waals surface area contributed by atoms with Crippen LogP contribution in [-0.2, 0) is 0 Å². The molecular weight excluding hydrogens is 248 g/mol. The molecular formula is C17H30N2O. The van der Waals surface area contributed by atoms with Crippen molar-refractivity contribution < 1.29 is 4.74 Å². The van der Waals surface area contributed by atoms with Gasteiger partial charge in [-0.15, -0.1) is 0 Å². The summed E-state index contributed by atoms with van der Waals surface area (Å²) in [6, 6.07) is 8.63. The molecule has 0 fully saturated rings. The minimum atomic E-state index is -0.00277. The molecule has 114 valence electrons. The van der Waals surface area contributed by atoms with Crippen molar-refractivity contribution in [1.29, 1.82) is 0 Å². The number of nitrogens with zero attached hydrogens (tertiary/aromatic N) is 1. The molecule has 1 rings (SSSR count). The summed E-state index contributed by atoms with van der Waals surface area (Å²) < 4.78 is 5.42. The maximum absolute atomic E-state index is 6.41. The smallest absolute Gasteiger partial charge is 0.123 e. The number of rotatable bonds is 9. The number of hydrogen-bond acceptors (Lipinski definition) is 3. The highest BCUT2D eigenvalue weighted by Crippen LogP contribution is 2.24. The highest BCUT2D eigenvalue weighted by molar-refractivity contribution is 5.35. The third-order valence-corrected chi connectivity index (χ3v) is 3.98. The van der Waals surface area contributed by atoms with E-state index in [1.807, 2.05) is 18.2 Å². The zero-order valence-electron chi connectivity index (χ0n) is 13.4. The molecule has 0 aliphatic carbocycles. The van der Waals surface area contributed by atoms with Gasteiger partial charge in [0.25, 0.3) is 0 Å². The van der Waals surface area contributed by atoms with Crippen LogP contribution in [0.2, 0.25) is 0 Å². The van der Waals surface area contributed by atoms with Gasteiger partial charge < -0.3 is 10.5 Å². The van der Waals surface area contributed by atoms with Crippen LogP contribution in [0.4, 0.5) is 0 Å². The van der Waals surface area contributed by atoms with Crippen molar-refractivity contribution in [3.05, 3.63) is 29.8 Å². The van der Waals surface area contributed by atoms with E-state index in [0.717, 1.165) is 30.8 Å². The van der Waals surface area contributed by atoms with Crippen LogP contribution < -0.4 is 10.5 Å². The van der Waals surface area contributed by atoms with Crippen molar-refractivity contribution in [2.75, 3.05) is 20.2 Å². The fourth-order valence-electron chi connectivity index (χ4n) is 2.43. The van der Waals surface area contributed by atoms with Crippen LogP contribution in [0.5, 0.6) is 5.75 Å². The number of ether oxygens (including phenoxy) is 1. The second-order valence-corrected chi connectivity index (χ2v) is 5.45. The SMILES string of the molecule is CCCCN(CC(N)c1ccccc1OC)C(C)CC. The van der Waals surface area contributed by atoms with Crippen molar-refractivity contribution in [2.24, 2.45) is 5.73 Å². The Morgan fingerprint density at radius 1 is 1.25 bits per heavy atom. The van der Waals surface area contributed by atoms with Crippen molar-refractivity contribution in [2.45, 2.75) is 52.1 Å². The van der Waals surface area contributed by atoms with Gasteiger partial charge in [-0.25, -0.2) is 0 Å². The van der Waals surface area contributed by atoms with Crippen LogP contribution in [0.15, 0.2) is 24.3 Å². The van der Waals surface area contributed by atoms with Crippen LogP contribution >= 0.6 is 0 Å². The van der Waals surface area contributed by atoms with Gasteiger partial charge in [-0.2, -0.15) is 0 Å². The number of nitrogens with two attached hydrogens (primary N) is 1. The van der Waals surface area contributed by atoms with Gasteiger partial charge in [0.2, 0.25) is 0 Å². The number of para-hydroxylation sites is 1. The van der Waals surface area contributed by atoms with Crippen molar-refractivity contribution in [1.82, 2.24) is 4.90 Å². The average molecular weight is 278 g/mol. The maximum atomic E-state index is 6.41. The minimum absolute atomic E-state index is 0.00277. The summed E-state index contributed by atoms with van der Waals surface area (Å²) in [4.78, 5) is 2.50. The summed E-state index contributed by atoms with van der Waals surface area (Å²) >= 11 is 0. The van der Waals surface area contributed by atoms with Gasteiger partial charge in [-0.1, -0.05) is 38.5 Å². The van der Waals surface area contributed by atoms with Crippen molar-refractivity contribution in [3.8, 4) is 5.75 Å². The molecule has 1 aromatic carbocycles. The van der Waals surface area contributed by atoms with E-state index in [0.29, 0.717) is 6.04 Å². The largest absolute Gasteiger partial charge is 0.496 e. The first kappa shape index (κ1) is 17.0. The second kappa shape index (κ2) is 8.98. The van der Waals surface area contributed by atoms with Gasteiger partial charge in [-0.3, -0.25) is 4.90 Å². The van der Waals surface area contributed by atoms with E-state index in [1.54, 1.807) is 7.11 Å². The normalized spacial score (nSPS) is 14.3. The van der Waals surface area contributed by atoms with E-state index in [9.17, 15) is 0 Å². The molecule has 0 saturated heterocycles. The van der Waals surface area contributed by atoms with Crippen LogP contribution in [0.1, 0.15) is 51.6 Å². The topological polar surface area (TPSA) is 38.5 Å². The fraction of sp³-hybridized carbons (Fsp3) is 0.647. The minimum Gasteiger partial charge on any atom is -0.496 e. The quantitative estimate of drug-likeness (QED) is 0.750. The fourth-order valence-corrected chi connectivity index (χ4v) is 2.43. The molecule has 0 aliphatic rings. The molecule has 0 saturated carbocycles. The first-order valence-electron chi connectivity index (χ1n) is 7.76. The van der Waals surface area contributed by atoms with E-state index in [1.165, 1.54) is 12.8 Å². The standard InChI is InChI=1S/C17H30N2O/c1-5-7-12-19(14(3)6-2)13-16(18)15-10-8-9-11-17(15)20-4/h8-11,14,16H,5-7,12-13,18H2,1-4H3. The lowest BCUT2D eigenvalue weighted by Crippen LogP contribution is -2.39. The molecule has 1 aromatic rings. The van der Waals surface area contributed by atoms with Gasteiger partial charge >= 0.3 is 0 Å². The molecule has 0 aromatic heterocycles. The molecule has 3 nitrogen and oxygen atoms in total. The lowest BCUT2D eigenvalue weighted by molar-refractivity contribution is 0.188. The van der Waals surface area contributed by atoms with Crippen LogP contribution in [0, 0.1) is 0 Å². The Morgan fingerprint density at radius 3 is 2.55 bits per heavy atom. The summed E-state index contributed by atoms with van der Waals surface area (Å²) in [5.41, 5.74) is 7.51. The van der Waals surface area contributed by atoms with E-state index in [4.69, 9.17) is 10.5 Å². The van der Waals surface area contributed by atoms with Gasteiger partial charge in [0.05, 0.1) is 7.11 Å². The maximum Gasteiger partial charge on any atom is 0.123 e. The molecule has 2 unspecified atom stereocenters. The van der Waals surface area contributed by atoms with Crippen molar-refractivity contribution >= 4 is 0 Å². The third-order valence-electron chi connectivity index (χ3n) is 3.98. The summed E-state index contributed by atoms with van der Waals surface area (Å²) in [5.74, 6) is 0.889. The van der Waals surface area contributed by atoms with Crippen LogP contribution in [-0.4, -0.2) is 31.1 Å². The zero-order chi connectivity index (χ0) is 15.0. The third kappa shape index (κ3) is 4.80. The first-order valence-corrected chi connectivity index (χ1v) is 7.76. The molecule has 0 bridgehead atoms. The predicted octanol–water partition coefficient (Wildman–Crippen LogP) is 3.60. The molecule has 0 spiro atoms. The molecule has 20 heavy (non-hydrogen) atoms. The molecule has 0 amide bonds. The summed E-state index contributed by atoms with van der Waals surface area (Å²) in [7, 11) is 1.70. The van der Waals surface area contributed by atoms with E-state index in [-0.39, 0.29) is 6.04 Å². The Balaban J connectivity index is 2.76. The molecule has 2 atom stereocenters. The van der Waals surface area contributed by atoms with Crippen molar-refractivity contribution in [3.63, 3.8) is 0 Å². The highest BCUT2D eigenvalue weighted by Gasteiger charge is 2.18. The van der Waals surface area contributed by atoms with Gasteiger partial charge in [0, 0.05) is 24.2 Å². The van der Waals surface area contributed by atoms with Crippen LogP contribution in [0.3, 0.4) is 0 Å². The molecule has 0 radical (unpaired) electrons. The van der Waals surface area contributed by atoms with E-state index >= 15 is 0 Å². The van der Waals surface area contributed by atoms with Crippen LogP contribution in [0.25, 0.3) is 0 Å². The number of unbranched alkanes of at least 4 members (excludes halogenated alkanes) is 1. The second-order valence-electron chi connectivity index (χ2n) is 5.45. The summed E-state index contributed by atoms with van der Waals surface area (Å²) in [6.45, 7) is 8.75. The van der Waals surface area contributed by atoms with E-state index < -0.39 is 0 Å². The zero-order valence-corrected chi connectivity index (χ0v) is 13.4. The Hall–Kier alpha value is -1.06. The predicted molar refractivity (Wildman–Crippen MR) is 86.2 cm³/mol. The Labute approximate surface area is 124 Å². The first-order chi connectivity index (χ1) is 9.63. The number of hydrogen-bond donors (Lipinski definition) is 1. The Bertz CT molecular complexity index is 381. The molecule has 3 heteroatoms. The van der Waals surface area contributed by atoms with E-state index in [2.05, 4.69) is 31.7 Å². The Morgan fingerprint density at radius 2 is 1.95 bits per heavy atom.